The molecule has 5 nitrogen and oxygen atoms in total. The summed E-state index contributed by atoms with van der Waals surface area (Å²) in [6.07, 6.45) is 2.07. The van der Waals surface area contributed by atoms with Crippen molar-refractivity contribution in [3.8, 4) is 0 Å². The number of carbonyl (C=O) groups is 2. The number of carboxylic acid groups (broad SMARTS) is 1. The van der Waals surface area contributed by atoms with Gasteiger partial charge in [-0.3, -0.25) is 9.69 Å². The summed E-state index contributed by atoms with van der Waals surface area (Å²) in [5, 5.41) is 12.1. The van der Waals surface area contributed by atoms with Crippen LogP contribution in [0.25, 0.3) is 0 Å². The first-order valence-electron chi connectivity index (χ1n) is 7.34. The Kier molecular flexibility index (Phi) is 5.33. The Bertz CT molecular complexity index is 508. The summed E-state index contributed by atoms with van der Waals surface area (Å²) >= 11 is 0. The number of rotatable bonds is 5. The molecule has 0 atom stereocenters. The van der Waals surface area contributed by atoms with Gasteiger partial charge in [-0.25, -0.2) is 4.79 Å². The second-order valence-electron chi connectivity index (χ2n) is 5.62. The number of likely N-dealkylation sites (tertiary alicyclic amines) is 1. The number of piperidine rings is 1. The third-order valence-corrected chi connectivity index (χ3v) is 3.99. The quantitative estimate of drug-likeness (QED) is 0.866. The van der Waals surface area contributed by atoms with Gasteiger partial charge in [-0.1, -0.05) is 18.2 Å². The predicted molar refractivity (Wildman–Crippen MR) is 80.1 cm³/mol. The maximum absolute atomic E-state index is 11.2. The van der Waals surface area contributed by atoms with E-state index in [1.165, 1.54) is 6.92 Å². The fourth-order valence-corrected chi connectivity index (χ4v) is 2.74. The number of hydrogen-bond acceptors (Lipinski definition) is 3. The van der Waals surface area contributed by atoms with E-state index in [1.807, 2.05) is 12.1 Å². The van der Waals surface area contributed by atoms with E-state index < -0.39 is 5.97 Å². The van der Waals surface area contributed by atoms with Crippen molar-refractivity contribution in [3.05, 3.63) is 35.4 Å². The van der Waals surface area contributed by atoms with Gasteiger partial charge in [0.25, 0.3) is 0 Å². The average molecular weight is 290 g/mol. The van der Waals surface area contributed by atoms with Crippen LogP contribution in [0, 0.1) is 5.92 Å². The Morgan fingerprint density at radius 3 is 2.57 bits per heavy atom. The van der Waals surface area contributed by atoms with E-state index in [0.717, 1.165) is 38.0 Å². The number of benzene rings is 1. The van der Waals surface area contributed by atoms with Crippen LogP contribution < -0.4 is 5.32 Å². The lowest BCUT2D eigenvalue weighted by Gasteiger charge is -2.32. The molecule has 2 rings (SSSR count). The molecule has 1 aromatic carbocycles. The van der Waals surface area contributed by atoms with Crippen LogP contribution >= 0.6 is 0 Å². The van der Waals surface area contributed by atoms with Crippen molar-refractivity contribution >= 4 is 11.9 Å². The molecule has 2 N–H and O–H groups in total. The molecule has 1 saturated heterocycles. The van der Waals surface area contributed by atoms with Gasteiger partial charge in [-0.15, -0.1) is 0 Å². The monoisotopic (exact) mass is 290 g/mol. The molecule has 1 heterocycles. The molecule has 0 aromatic heterocycles. The molecule has 0 saturated carbocycles. The summed E-state index contributed by atoms with van der Waals surface area (Å²) in [7, 11) is 0. The second-order valence-corrected chi connectivity index (χ2v) is 5.62. The van der Waals surface area contributed by atoms with Crippen LogP contribution in [0.15, 0.2) is 24.3 Å². The summed E-state index contributed by atoms with van der Waals surface area (Å²) in [4.78, 5) is 24.4. The molecule has 0 aliphatic carbocycles. The van der Waals surface area contributed by atoms with E-state index in [4.69, 9.17) is 0 Å². The minimum atomic E-state index is -0.869. The van der Waals surface area contributed by atoms with Gasteiger partial charge in [0.15, 0.2) is 0 Å². The number of carboxylic acids is 1. The van der Waals surface area contributed by atoms with Gasteiger partial charge in [-0.05, 0) is 43.5 Å². The van der Waals surface area contributed by atoms with Crippen LogP contribution in [-0.4, -0.2) is 41.5 Å². The molecule has 1 aromatic rings. The molecule has 1 fully saturated rings. The van der Waals surface area contributed by atoms with Crippen molar-refractivity contribution in [3.63, 3.8) is 0 Å². The Morgan fingerprint density at radius 1 is 1.29 bits per heavy atom. The van der Waals surface area contributed by atoms with E-state index >= 15 is 0 Å². The van der Waals surface area contributed by atoms with E-state index in [1.54, 1.807) is 12.1 Å². The second kappa shape index (κ2) is 7.22. The predicted octanol–water partition coefficient (Wildman–Crippen LogP) is 1.73. The molecule has 114 valence electrons. The van der Waals surface area contributed by atoms with Gasteiger partial charge in [0.2, 0.25) is 5.91 Å². The van der Waals surface area contributed by atoms with Gasteiger partial charge in [0.1, 0.15) is 0 Å². The van der Waals surface area contributed by atoms with Crippen LogP contribution in [0.5, 0.6) is 0 Å². The maximum Gasteiger partial charge on any atom is 0.336 e. The van der Waals surface area contributed by atoms with Crippen LogP contribution in [-0.2, 0) is 11.3 Å². The SMILES string of the molecule is CC(=O)NCC1CCN(Cc2ccccc2C(=O)O)CC1. The molecule has 1 aliphatic heterocycles. The summed E-state index contributed by atoms with van der Waals surface area (Å²) in [6, 6.07) is 7.17. The maximum atomic E-state index is 11.2. The molecule has 0 radical (unpaired) electrons. The summed E-state index contributed by atoms with van der Waals surface area (Å²) < 4.78 is 0. The Labute approximate surface area is 125 Å². The molecule has 5 heteroatoms. The Balaban J connectivity index is 1.86. The van der Waals surface area contributed by atoms with Crippen molar-refractivity contribution in [2.75, 3.05) is 19.6 Å². The van der Waals surface area contributed by atoms with Crippen molar-refractivity contribution in [1.82, 2.24) is 10.2 Å². The van der Waals surface area contributed by atoms with Crippen LogP contribution in [0.4, 0.5) is 0 Å². The number of carbonyl (C=O) groups excluding carboxylic acids is 1. The van der Waals surface area contributed by atoms with E-state index in [0.29, 0.717) is 18.0 Å². The van der Waals surface area contributed by atoms with E-state index in [9.17, 15) is 14.7 Å². The lowest BCUT2D eigenvalue weighted by Crippen LogP contribution is -2.38. The highest BCUT2D eigenvalue weighted by atomic mass is 16.4. The van der Waals surface area contributed by atoms with Gasteiger partial charge >= 0.3 is 5.97 Å². The first kappa shape index (κ1) is 15.5. The van der Waals surface area contributed by atoms with Gasteiger partial charge in [0, 0.05) is 20.0 Å². The third kappa shape index (κ3) is 4.56. The van der Waals surface area contributed by atoms with Gasteiger partial charge in [-0.2, -0.15) is 0 Å². The smallest absolute Gasteiger partial charge is 0.336 e. The minimum absolute atomic E-state index is 0.0211. The summed E-state index contributed by atoms with van der Waals surface area (Å²) in [5.74, 6) is -0.321. The van der Waals surface area contributed by atoms with Crippen LogP contribution in [0.2, 0.25) is 0 Å². The van der Waals surface area contributed by atoms with Gasteiger partial charge < -0.3 is 10.4 Å². The molecule has 0 spiro atoms. The van der Waals surface area contributed by atoms with E-state index in [2.05, 4.69) is 10.2 Å². The van der Waals surface area contributed by atoms with Crippen molar-refractivity contribution in [2.24, 2.45) is 5.92 Å². The molecule has 21 heavy (non-hydrogen) atoms. The topological polar surface area (TPSA) is 69.6 Å². The fourth-order valence-electron chi connectivity index (χ4n) is 2.74. The first-order chi connectivity index (χ1) is 10.1. The molecular formula is C16H22N2O3. The number of nitrogens with one attached hydrogen (secondary N) is 1. The van der Waals surface area contributed by atoms with Crippen molar-refractivity contribution in [1.29, 1.82) is 0 Å². The first-order valence-corrected chi connectivity index (χ1v) is 7.34. The Morgan fingerprint density at radius 2 is 1.95 bits per heavy atom. The third-order valence-electron chi connectivity index (χ3n) is 3.99. The zero-order valence-corrected chi connectivity index (χ0v) is 12.3. The fraction of sp³-hybridized carbons (Fsp3) is 0.500. The van der Waals surface area contributed by atoms with E-state index in [-0.39, 0.29) is 5.91 Å². The standard InChI is InChI=1S/C16H22N2O3/c1-12(19)17-10-13-6-8-18(9-7-13)11-14-4-2-3-5-15(14)16(20)21/h2-5,13H,6-11H2,1H3,(H,17,19)(H,20,21). The normalized spacial score (nSPS) is 16.6. The summed E-state index contributed by atoms with van der Waals surface area (Å²) in [6.45, 7) is 4.85. The number of hydrogen-bond donors (Lipinski definition) is 2. The van der Waals surface area contributed by atoms with Crippen molar-refractivity contribution < 1.29 is 14.7 Å². The van der Waals surface area contributed by atoms with Crippen LogP contribution in [0.3, 0.4) is 0 Å². The zero-order valence-electron chi connectivity index (χ0n) is 12.3. The zero-order chi connectivity index (χ0) is 15.2. The minimum Gasteiger partial charge on any atom is -0.478 e. The van der Waals surface area contributed by atoms with Crippen LogP contribution in [0.1, 0.15) is 35.7 Å². The average Bonchev–Trinajstić information content (AvgIpc) is 2.47. The molecule has 1 aliphatic rings. The number of nitrogens with zero attached hydrogens (tertiary/aromatic N) is 1. The highest BCUT2D eigenvalue weighted by Gasteiger charge is 2.20. The molecule has 0 bridgehead atoms. The highest BCUT2D eigenvalue weighted by molar-refractivity contribution is 5.89. The Hall–Kier alpha value is -1.88. The number of aromatic carboxylic acids is 1. The van der Waals surface area contributed by atoms with Crippen molar-refractivity contribution in [2.45, 2.75) is 26.3 Å². The lowest BCUT2D eigenvalue weighted by molar-refractivity contribution is -0.119. The molecule has 1 amide bonds. The van der Waals surface area contributed by atoms with Gasteiger partial charge in [0.05, 0.1) is 5.56 Å². The lowest BCUT2D eigenvalue weighted by atomic mass is 9.96. The number of amides is 1. The molecule has 0 unspecified atom stereocenters. The molecular weight excluding hydrogens is 268 g/mol. The summed E-state index contributed by atoms with van der Waals surface area (Å²) in [5.41, 5.74) is 1.25. The highest BCUT2D eigenvalue weighted by Crippen LogP contribution is 2.20. The largest absolute Gasteiger partial charge is 0.478 e.